The van der Waals surface area contributed by atoms with Gasteiger partial charge in [-0.05, 0) is 32.3 Å². The molecule has 136 valence electrons. The van der Waals surface area contributed by atoms with Crippen LogP contribution in [0.25, 0.3) is 0 Å². The van der Waals surface area contributed by atoms with Gasteiger partial charge in [0.1, 0.15) is 5.54 Å². The topological polar surface area (TPSA) is 89.9 Å². The predicted molar refractivity (Wildman–Crippen MR) is 92.3 cm³/mol. The monoisotopic (exact) mass is 347 g/mol. The molecule has 1 amide bonds. The highest BCUT2D eigenvalue weighted by molar-refractivity contribution is 5.87. The molecule has 1 unspecified atom stereocenters. The van der Waals surface area contributed by atoms with Gasteiger partial charge < -0.3 is 14.9 Å². The number of carbonyl (C=O) groups excluding carboxylic acids is 1. The zero-order valence-corrected chi connectivity index (χ0v) is 14.6. The van der Waals surface area contributed by atoms with Crippen LogP contribution in [0, 0.1) is 0 Å². The first-order chi connectivity index (χ1) is 12.0. The number of hydrogen-bond acceptors (Lipinski definition) is 6. The third-order valence-corrected chi connectivity index (χ3v) is 5.22. The molecule has 2 aliphatic heterocycles. The Kier molecular flexibility index (Phi) is 5.17. The Morgan fingerprint density at radius 2 is 1.80 bits per heavy atom. The highest BCUT2D eigenvalue weighted by Crippen LogP contribution is 2.28. The van der Waals surface area contributed by atoms with E-state index in [9.17, 15) is 14.7 Å². The standard InChI is InChI=1S/C17H25N5O3/c1-17(15(24)25)5-2-3-8-22(17)14(23)13-20-9-11-21(12-10-20)16-18-6-4-7-19-16/h4,6-7H,2-3,5,8-13H2,1H3,(H,24,25). The van der Waals surface area contributed by atoms with Crippen LogP contribution >= 0.6 is 0 Å². The van der Waals surface area contributed by atoms with Gasteiger partial charge >= 0.3 is 5.97 Å². The Bertz CT molecular complexity index is 618. The van der Waals surface area contributed by atoms with Crippen molar-refractivity contribution in [2.45, 2.75) is 31.7 Å². The summed E-state index contributed by atoms with van der Waals surface area (Å²) >= 11 is 0. The normalized spacial score (nSPS) is 25.0. The summed E-state index contributed by atoms with van der Waals surface area (Å²) in [4.78, 5) is 38.6. The van der Waals surface area contributed by atoms with Gasteiger partial charge in [-0.2, -0.15) is 0 Å². The smallest absolute Gasteiger partial charge is 0.329 e. The number of carbonyl (C=O) groups is 2. The quantitative estimate of drug-likeness (QED) is 0.846. The first kappa shape index (κ1) is 17.6. The number of piperidine rings is 1. The second kappa shape index (κ2) is 7.35. The molecule has 0 saturated carbocycles. The van der Waals surface area contributed by atoms with Gasteiger partial charge in [-0.1, -0.05) is 0 Å². The van der Waals surface area contributed by atoms with Gasteiger partial charge in [0.2, 0.25) is 11.9 Å². The van der Waals surface area contributed by atoms with Crippen molar-refractivity contribution in [3.8, 4) is 0 Å². The summed E-state index contributed by atoms with van der Waals surface area (Å²) in [5, 5.41) is 9.56. The van der Waals surface area contributed by atoms with Crippen LogP contribution in [0.3, 0.4) is 0 Å². The lowest BCUT2D eigenvalue weighted by molar-refractivity contribution is -0.161. The fourth-order valence-corrected chi connectivity index (χ4v) is 3.58. The molecule has 0 bridgehead atoms. The molecule has 2 saturated heterocycles. The van der Waals surface area contributed by atoms with Crippen LogP contribution in [0.4, 0.5) is 5.95 Å². The second-order valence-corrected chi connectivity index (χ2v) is 6.89. The molecule has 0 radical (unpaired) electrons. The number of anilines is 1. The molecule has 8 heteroatoms. The Balaban J connectivity index is 1.56. The highest BCUT2D eigenvalue weighted by atomic mass is 16.4. The molecule has 25 heavy (non-hydrogen) atoms. The molecule has 8 nitrogen and oxygen atoms in total. The minimum atomic E-state index is -1.07. The van der Waals surface area contributed by atoms with E-state index in [4.69, 9.17) is 0 Å². The predicted octanol–water partition coefficient (Wildman–Crippen LogP) is 0.454. The van der Waals surface area contributed by atoms with Crippen molar-refractivity contribution in [2.24, 2.45) is 0 Å². The van der Waals surface area contributed by atoms with Gasteiger partial charge in [0.05, 0.1) is 6.54 Å². The number of carboxylic acids is 1. The van der Waals surface area contributed by atoms with Crippen LogP contribution in [0.2, 0.25) is 0 Å². The van der Waals surface area contributed by atoms with E-state index < -0.39 is 11.5 Å². The van der Waals surface area contributed by atoms with E-state index in [0.717, 1.165) is 39.0 Å². The summed E-state index contributed by atoms with van der Waals surface area (Å²) in [6.07, 6.45) is 5.69. The van der Waals surface area contributed by atoms with Crippen molar-refractivity contribution in [2.75, 3.05) is 44.2 Å². The van der Waals surface area contributed by atoms with Crippen molar-refractivity contribution < 1.29 is 14.7 Å². The second-order valence-electron chi connectivity index (χ2n) is 6.89. The van der Waals surface area contributed by atoms with E-state index in [1.165, 1.54) is 0 Å². The molecule has 0 spiro atoms. The zero-order valence-electron chi connectivity index (χ0n) is 14.6. The summed E-state index contributed by atoms with van der Waals surface area (Å²) in [5.74, 6) is -0.288. The molecule has 1 atom stereocenters. The summed E-state index contributed by atoms with van der Waals surface area (Å²) in [6, 6.07) is 1.79. The number of aromatic nitrogens is 2. The average molecular weight is 347 g/mol. The van der Waals surface area contributed by atoms with Gasteiger partial charge in [0.25, 0.3) is 0 Å². The molecule has 2 aliphatic rings. The van der Waals surface area contributed by atoms with Crippen LogP contribution in [0.15, 0.2) is 18.5 Å². The van der Waals surface area contributed by atoms with Crippen LogP contribution in [0.5, 0.6) is 0 Å². The van der Waals surface area contributed by atoms with Crippen LogP contribution < -0.4 is 4.90 Å². The molecule has 1 N–H and O–H groups in total. The molecule has 1 aromatic heterocycles. The Labute approximate surface area is 147 Å². The summed E-state index contributed by atoms with van der Waals surface area (Å²) < 4.78 is 0. The van der Waals surface area contributed by atoms with Gasteiger partial charge in [0.15, 0.2) is 0 Å². The van der Waals surface area contributed by atoms with Gasteiger partial charge in [-0.3, -0.25) is 9.69 Å². The van der Waals surface area contributed by atoms with Crippen LogP contribution in [-0.4, -0.2) is 81.6 Å². The lowest BCUT2D eigenvalue weighted by Crippen LogP contribution is -2.60. The number of aliphatic carboxylic acids is 1. The van der Waals surface area contributed by atoms with E-state index in [-0.39, 0.29) is 12.5 Å². The Morgan fingerprint density at radius 1 is 1.12 bits per heavy atom. The minimum Gasteiger partial charge on any atom is -0.480 e. The van der Waals surface area contributed by atoms with Gasteiger partial charge in [-0.15, -0.1) is 0 Å². The maximum atomic E-state index is 12.7. The van der Waals surface area contributed by atoms with Crippen molar-refractivity contribution in [1.82, 2.24) is 19.8 Å². The number of nitrogens with zero attached hydrogens (tertiary/aromatic N) is 5. The van der Waals surface area contributed by atoms with Crippen molar-refractivity contribution >= 4 is 17.8 Å². The molecule has 2 fully saturated rings. The highest BCUT2D eigenvalue weighted by Gasteiger charge is 2.44. The lowest BCUT2D eigenvalue weighted by atomic mass is 9.88. The SMILES string of the molecule is CC1(C(=O)O)CCCCN1C(=O)CN1CCN(c2ncccn2)CC1. The maximum absolute atomic E-state index is 12.7. The number of carboxylic acid groups (broad SMARTS) is 1. The fourth-order valence-electron chi connectivity index (χ4n) is 3.58. The third kappa shape index (κ3) is 3.73. The molecule has 3 heterocycles. The van der Waals surface area contributed by atoms with Crippen molar-refractivity contribution in [1.29, 1.82) is 0 Å². The molecule has 0 aliphatic carbocycles. The molecule has 1 aromatic rings. The first-order valence-electron chi connectivity index (χ1n) is 8.79. The summed E-state index contributed by atoms with van der Waals surface area (Å²) in [6.45, 7) is 5.45. The number of piperazine rings is 1. The molecular formula is C17H25N5O3. The van der Waals surface area contributed by atoms with Crippen molar-refractivity contribution in [3.63, 3.8) is 0 Å². The number of likely N-dealkylation sites (tertiary alicyclic amines) is 1. The molecule has 3 rings (SSSR count). The summed E-state index contributed by atoms with van der Waals surface area (Å²) in [5.41, 5.74) is -1.07. The molecular weight excluding hydrogens is 322 g/mol. The minimum absolute atomic E-state index is 0.0889. The number of hydrogen-bond donors (Lipinski definition) is 1. The first-order valence-corrected chi connectivity index (χ1v) is 8.79. The molecule has 0 aromatic carbocycles. The van der Waals surface area contributed by atoms with E-state index in [1.54, 1.807) is 30.3 Å². The largest absolute Gasteiger partial charge is 0.480 e. The summed E-state index contributed by atoms with van der Waals surface area (Å²) in [7, 11) is 0. The van der Waals surface area contributed by atoms with E-state index in [0.29, 0.717) is 18.9 Å². The van der Waals surface area contributed by atoms with Gasteiger partial charge in [-0.25, -0.2) is 14.8 Å². The fraction of sp³-hybridized carbons (Fsp3) is 0.647. The number of amides is 1. The van der Waals surface area contributed by atoms with E-state index in [2.05, 4.69) is 19.8 Å². The van der Waals surface area contributed by atoms with Gasteiger partial charge in [0, 0.05) is 45.1 Å². The van der Waals surface area contributed by atoms with Crippen molar-refractivity contribution in [3.05, 3.63) is 18.5 Å². The Morgan fingerprint density at radius 3 is 2.44 bits per heavy atom. The Hall–Kier alpha value is -2.22. The van der Waals surface area contributed by atoms with Crippen LogP contribution in [0.1, 0.15) is 26.2 Å². The maximum Gasteiger partial charge on any atom is 0.329 e. The van der Waals surface area contributed by atoms with Crippen LogP contribution in [-0.2, 0) is 9.59 Å². The zero-order chi connectivity index (χ0) is 17.9. The lowest BCUT2D eigenvalue weighted by Gasteiger charge is -2.43. The van der Waals surface area contributed by atoms with E-state index in [1.807, 2.05) is 0 Å². The third-order valence-electron chi connectivity index (χ3n) is 5.22. The average Bonchev–Trinajstić information content (AvgIpc) is 2.63. The number of rotatable bonds is 4. The van der Waals surface area contributed by atoms with E-state index >= 15 is 0 Å².